The van der Waals surface area contributed by atoms with Gasteiger partial charge in [-0.05, 0) is 25.0 Å². The molecule has 4 rings (SSSR count). The quantitative estimate of drug-likeness (QED) is 0.609. The van der Waals surface area contributed by atoms with Crippen LogP contribution >= 0.6 is 0 Å². The zero-order valence-corrected chi connectivity index (χ0v) is 17.0. The van der Waals surface area contributed by atoms with E-state index in [1.807, 2.05) is 36.4 Å². The van der Waals surface area contributed by atoms with Crippen LogP contribution in [0.4, 0.5) is 24.7 Å². The zero-order valence-electron chi connectivity index (χ0n) is 17.0. The number of benzene rings is 2. The molecule has 2 aromatic carbocycles. The third-order valence-corrected chi connectivity index (χ3v) is 5.28. The Morgan fingerprint density at radius 3 is 2.41 bits per heavy atom. The highest BCUT2D eigenvalue weighted by Crippen LogP contribution is 2.31. The first-order chi connectivity index (χ1) is 15.4. The molecule has 3 aromatic rings. The number of amides is 1. The van der Waals surface area contributed by atoms with E-state index in [1.54, 1.807) is 6.07 Å². The van der Waals surface area contributed by atoms with Gasteiger partial charge in [-0.3, -0.25) is 4.79 Å². The van der Waals surface area contributed by atoms with Crippen molar-refractivity contribution in [3.05, 3.63) is 67.0 Å². The van der Waals surface area contributed by atoms with Crippen molar-refractivity contribution in [1.82, 2.24) is 9.97 Å². The predicted molar refractivity (Wildman–Crippen MR) is 114 cm³/mol. The van der Waals surface area contributed by atoms with Crippen molar-refractivity contribution >= 4 is 17.4 Å². The normalized spacial score (nSPS) is 14.8. The van der Waals surface area contributed by atoms with Gasteiger partial charge in [-0.2, -0.15) is 0 Å². The van der Waals surface area contributed by atoms with Gasteiger partial charge in [0.05, 0.1) is 11.4 Å². The van der Waals surface area contributed by atoms with Crippen LogP contribution in [0.3, 0.4) is 0 Å². The number of hydrogen-bond donors (Lipinski definition) is 1. The number of hydrogen-bond acceptors (Lipinski definition) is 5. The number of para-hydroxylation sites is 2. The topological polar surface area (TPSA) is 67.3 Å². The van der Waals surface area contributed by atoms with Crippen LogP contribution in [0.1, 0.15) is 12.8 Å². The highest BCUT2D eigenvalue weighted by Gasteiger charge is 2.33. The van der Waals surface area contributed by atoms with Crippen molar-refractivity contribution in [1.29, 1.82) is 0 Å². The molecule has 0 unspecified atom stereocenters. The Hall–Kier alpha value is -3.62. The Morgan fingerprint density at radius 2 is 1.69 bits per heavy atom. The summed E-state index contributed by atoms with van der Waals surface area (Å²) in [6.07, 6.45) is -2.20. The summed E-state index contributed by atoms with van der Waals surface area (Å²) in [4.78, 5) is 23.5. The number of carbonyl (C=O) groups excluding carboxylic acids is 1. The van der Waals surface area contributed by atoms with Crippen molar-refractivity contribution in [2.24, 2.45) is 5.92 Å². The van der Waals surface area contributed by atoms with E-state index >= 15 is 0 Å². The van der Waals surface area contributed by atoms with E-state index in [0.717, 1.165) is 17.1 Å². The fraction of sp³-hybridized carbons (Fsp3) is 0.261. The maximum atomic E-state index is 12.7. The lowest BCUT2D eigenvalue weighted by Gasteiger charge is -2.32. The van der Waals surface area contributed by atoms with E-state index in [9.17, 15) is 18.0 Å². The van der Waals surface area contributed by atoms with E-state index in [-0.39, 0.29) is 17.5 Å². The van der Waals surface area contributed by atoms with Crippen LogP contribution in [0.5, 0.6) is 5.75 Å². The van der Waals surface area contributed by atoms with E-state index in [2.05, 4.69) is 24.9 Å². The molecule has 6 nitrogen and oxygen atoms in total. The van der Waals surface area contributed by atoms with Crippen LogP contribution in [0, 0.1) is 5.92 Å². The summed E-state index contributed by atoms with van der Waals surface area (Å²) in [5.74, 6) is -0.294. The SMILES string of the molecule is O=C(Nc1ccccc1OC(F)(F)F)C1CCN(c2cc(-c3ccccc3)ncn2)CC1. The average molecular weight is 442 g/mol. The van der Waals surface area contributed by atoms with E-state index in [4.69, 9.17) is 0 Å². The Labute approximate surface area is 183 Å². The standard InChI is InChI=1S/C23H21F3N4O2/c24-23(25,26)32-20-9-5-4-8-18(20)29-22(31)17-10-12-30(13-11-17)21-14-19(27-15-28-21)16-6-2-1-3-7-16/h1-9,14-15,17H,10-13H2,(H,29,31). The first kappa shape index (κ1) is 21.6. The molecule has 1 saturated heterocycles. The Balaban J connectivity index is 1.38. The van der Waals surface area contributed by atoms with E-state index < -0.39 is 12.1 Å². The van der Waals surface area contributed by atoms with Crippen molar-refractivity contribution in [3.63, 3.8) is 0 Å². The summed E-state index contributed by atoms with van der Waals surface area (Å²) in [5, 5.41) is 2.58. The zero-order chi connectivity index (χ0) is 22.6. The van der Waals surface area contributed by atoms with Gasteiger partial charge in [-0.1, -0.05) is 42.5 Å². The fourth-order valence-corrected chi connectivity index (χ4v) is 3.68. The minimum Gasteiger partial charge on any atom is -0.404 e. The molecule has 0 aliphatic carbocycles. The number of nitrogens with zero attached hydrogens (tertiary/aromatic N) is 3. The van der Waals surface area contributed by atoms with Crippen LogP contribution in [0.2, 0.25) is 0 Å². The molecule has 0 atom stereocenters. The molecule has 0 saturated carbocycles. The lowest BCUT2D eigenvalue weighted by Crippen LogP contribution is -2.38. The maximum absolute atomic E-state index is 12.7. The van der Waals surface area contributed by atoms with Crippen molar-refractivity contribution in [2.45, 2.75) is 19.2 Å². The number of anilines is 2. The lowest BCUT2D eigenvalue weighted by atomic mass is 9.95. The average Bonchev–Trinajstić information content (AvgIpc) is 2.80. The van der Waals surface area contributed by atoms with E-state index in [1.165, 1.54) is 24.5 Å². The molecule has 166 valence electrons. The summed E-state index contributed by atoms with van der Waals surface area (Å²) in [6.45, 7) is 1.20. The first-order valence-corrected chi connectivity index (χ1v) is 10.2. The predicted octanol–water partition coefficient (Wildman–Crippen LogP) is 4.90. The van der Waals surface area contributed by atoms with E-state index in [0.29, 0.717) is 25.9 Å². The molecule has 1 amide bonds. The Morgan fingerprint density at radius 1 is 1.00 bits per heavy atom. The third-order valence-electron chi connectivity index (χ3n) is 5.28. The van der Waals surface area contributed by atoms with Crippen LogP contribution in [0.25, 0.3) is 11.3 Å². The Bertz CT molecular complexity index is 1070. The molecule has 32 heavy (non-hydrogen) atoms. The van der Waals surface area contributed by atoms with Gasteiger partial charge >= 0.3 is 6.36 Å². The molecule has 0 radical (unpaired) electrons. The summed E-state index contributed by atoms with van der Waals surface area (Å²) >= 11 is 0. The minimum absolute atomic E-state index is 0.000517. The number of halogens is 3. The van der Waals surface area contributed by atoms with Gasteiger partial charge in [-0.25, -0.2) is 9.97 Å². The van der Waals surface area contributed by atoms with Gasteiger partial charge in [0.1, 0.15) is 12.1 Å². The number of piperidine rings is 1. The minimum atomic E-state index is -4.83. The third kappa shape index (κ3) is 5.35. The monoisotopic (exact) mass is 442 g/mol. The largest absolute Gasteiger partial charge is 0.573 e. The summed E-state index contributed by atoms with van der Waals surface area (Å²) < 4.78 is 41.8. The number of ether oxygens (including phenoxy) is 1. The second-order valence-electron chi connectivity index (χ2n) is 7.42. The van der Waals surface area contributed by atoms with Crippen LogP contribution in [-0.2, 0) is 4.79 Å². The first-order valence-electron chi connectivity index (χ1n) is 10.2. The van der Waals surface area contributed by atoms with Gasteiger partial charge in [-0.15, -0.1) is 13.2 Å². The number of carbonyl (C=O) groups is 1. The van der Waals surface area contributed by atoms with Gasteiger partial charge in [0.25, 0.3) is 0 Å². The van der Waals surface area contributed by atoms with Gasteiger partial charge in [0.15, 0.2) is 5.75 Å². The molecule has 1 aromatic heterocycles. The highest BCUT2D eigenvalue weighted by molar-refractivity contribution is 5.94. The maximum Gasteiger partial charge on any atom is 0.573 e. The fourth-order valence-electron chi connectivity index (χ4n) is 3.68. The molecule has 1 fully saturated rings. The molecule has 1 N–H and O–H groups in total. The number of rotatable bonds is 5. The van der Waals surface area contributed by atoms with Gasteiger partial charge in [0, 0.05) is 30.6 Å². The molecule has 0 spiro atoms. The number of alkyl halides is 3. The highest BCUT2D eigenvalue weighted by atomic mass is 19.4. The second-order valence-corrected chi connectivity index (χ2v) is 7.42. The van der Waals surface area contributed by atoms with Crippen molar-refractivity contribution < 1.29 is 22.7 Å². The number of aromatic nitrogens is 2. The molecular weight excluding hydrogens is 421 g/mol. The molecule has 2 heterocycles. The lowest BCUT2D eigenvalue weighted by molar-refractivity contribution is -0.274. The summed E-state index contributed by atoms with van der Waals surface area (Å²) in [6, 6.07) is 17.2. The van der Waals surface area contributed by atoms with Crippen molar-refractivity contribution in [2.75, 3.05) is 23.3 Å². The second kappa shape index (κ2) is 9.25. The molecular formula is C23H21F3N4O2. The van der Waals surface area contributed by atoms with Crippen LogP contribution in [-0.4, -0.2) is 35.3 Å². The van der Waals surface area contributed by atoms with Crippen LogP contribution in [0.15, 0.2) is 67.0 Å². The van der Waals surface area contributed by atoms with Crippen LogP contribution < -0.4 is 15.0 Å². The molecule has 0 bridgehead atoms. The van der Waals surface area contributed by atoms with Gasteiger partial charge in [0.2, 0.25) is 5.91 Å². The summed E-state index contributed by atoms with van der Waals surface area (Å²) in [5.41, 5.74) is 1.81. The molecule has 1 aliphatic rings. The van der Waals surface area contributed by atoms with Gasteiger partial charge < -0.3 is 15.0 Å². The Kier molecular flexibility index (Phi) is 6.25. The molecule has 1 aliphatic heterocycles. The summed E-state index contributed by atoms with van der Waals surface area (Å²) in [7, 11) is 0. The van der Waals surface area contributed by atoms with Crippen molar-refractivity contribution in [3.8, 4) is 17.0 Å². The smallest absolute Gasteiger partial charge is 0.404 e. The number of nitrogens with one attached hydrogen (secondary N) is 1. The molecule has 9 heteroatoms.